The highest BCUT2D eigenvalue weighted by atomic mass is 32.2. The van der Waals surface area contributed by atoms with Crippen molar-refractivity contribution in [3.05, 3.63) is 16.0 Å². The van der Waals surface area contributed by atoms with Crippen LogP contribution in [0, 0.1) is 11.3 Å². The van der Waals surface area contributed by atoms with Gasteiger partial charge in [-0.2, -0.15) is 5.26 Å². The first-order valence-electron chi connectivity index (χ1n) is 5.16. The second-order valence-corrected chi connectivity index (χ2v) is 6.69. The number of nitriles is 1. The molecule has 4 heteroatoms. The van der Waals surface area contributed by atoms with Gasteiger partial charge in [-0.25, -0.2) is 0 Å². The van der Waals surface area contributed by atoms with Gasteiger partial charge < -0.3 is 0 Å². The quantitative estimate of drug-likeness (QED) is 0.716. The maximum atomic E-state index is 12.0. The molecular weight excluding hydrogens is 238 g/mol. The van der Waals surface area contributed by atoms with Crippen molar-refractivity contribution >= 4 is 28.9 Å². The Kier molecular flexibility index (Phi) is 2.85. The first kappa shape index (κ1) is 11.7. The molecule has 0 saturated heterocycles. The van der Waals surface area contributed by atoms with Crippen LogP contribution < -0.4 is 0 Å². The van der Waals surface area contributed by atoms with E-state index in [1.807, 2.05) is 6.26 Å². The Labute approximate surface area is 104 Å². The first-order valence-corrected chi connectivity index (χ1v) is 7.20. The van der Waals surface area contributed by atoms with Gasteiger partial charge in [0.1, 0.15) is 10.9 Å². The molecule has 0 radical (unpaired) electrons. The molecule has 0 spiro atoms. The van der Waals surface area contributed by atoms with Crippen molar-refractivity contribution in [2.45, 2.75) is 36.3 Å². The van der Waals surface area contributed by atoms with E-state index in [2.05, 4.69) is 19.9 Å². The molecule has 0 saturated carbocycles. The molecule has 0 atom stereocenters. The van der Waals surface area contributed by atoms with Crippen LogP contribution in [0.3, 0.4) is 0 Å². The minimum absolute atomic E-state index is 0.0429. The zero-order chi connectivity index (χ0) is 11.9. The number of ketones is 1. The van der Waals surface area contributed by atoms with Crippen molar-refractivity contribution in [3.63, 3.8) is 0 Å². The molecule has 1 aromatic rings. The lowest BCUT2D eigenvalue weighted by Gasteiger charge is -2.29. The van der Waals surface area contributed by atoms with Gasteiger partial charge in [0, 0.05) is 12.0 Å². The first-order chi connectivity index (χ1) is 7.51. The van der Waals surface area contributed by atoms with E-state index in [9.17, 15) is 4.79 Å². The van der Waals surface area contributed by atoms with Crippen molar-refractivity contribution in [2.24, 2.45) is 0 Å². The molecule has 0 fully saturated rings. The number of carbonyl (C=O) groups excluding carboxylic acids is 1. The molecule has 2 nitrogen and oxygen atoms in total. The highest BCUT2D eigenvalue weighted by Gasteiger charge is 2.37. The maximum absolute atomic E-state index is 12.0. The second kappa shape index (κ2) is 3.90. The van der Waals surface area contributed by atoms with Crippen LogP contribution >= 0.6 is 23.1 Å². The van der Waals surface area contributed by atoms with Gasteiger partial charge in [0.15, 0.2) is 5.78 Å². The molecule has 1 aliphatic rings. The summed E-state index contributed by atoms with van der Waals surface area (Å²) in [7, 11) is 0. The third-order valence-corrected chi connectivity index (χ3v) is 5.31. The number of thiophene rings is 1. The van der Waals surface area contributed by atoms with E-state index < -0.39 is 0 Å². The molecule has 2 rings (SSSR count). The molecule has 0 aliphatic heterocycles. The summed E-state index contributed by atoms with van der Waals surface area (Å²) in [5.74, 6) is 0.205. The van der Waals surface area contributed by atoms with E-state index in [1.165, 1.54) is 11.3 Å². The van der Waals surface area contributed by atoms with Gasteiger partial charge >= 0.3 is 0 Å². The highest BCUT2D eigenvalue weighted by molar-refractivity contribution is 8.00. The lowest BCUT2D eigenvalue weighted by molar-refractivity contribution is 0.0954. The van der Waals surface area contributed by atoms with Crippen molar-refractivity contribution in [2.75, 3.05) is 6.26 Å². The van der Waals surface area contributed by atoms with E-state index in [0.717, 1.165) is 26.6 Å². The normalized spacial score (nSPS) is 18.0. The fraction of sp³-hybridized carbons (Fsp3) is 0.500. The van der Waals surface area contributed by atoms with E-state index in [4.69, 9.17) is 5.26 Å². The number of Topliss-reactive ketones (excluding diaryl/α,β-unsaturated/α-hetero) is 1. The molecular formula is C12H13NOS2. The SMILES string of the molecule is CSc1sc(C#N)c2c1C(=O)CCC2(C)C. The molecule has 84 valence electrons. The standard InChI is InChI=1S/C12H13NOS2/c1-12(2)5-4-7(14)9-10(12)8(6-13)16-11(9)15-3/h4-5H2,1-3H3. The van der Waals surface area contributed by atoms with Crippen molar-refractivity contribution < 1.29 is 4.79 Å². The molecule has 0 unspecified atom stereocenters. The Balaban J connectivity index is 2.75. The van der Waals surface area contributed by atoms with Crippen LogP contribution in [0.15, 0.2) is 4.21 Å². The van der Waals surface area contributed by atoms with Crippen LogP contribution in [-0.2, 0) is 5.41 Å². The lowest BCUT2D eigenvalue weighted by Crippen LogP contribution is -2.27. The predicted molar refractivity (Wildman–Crippen MR) is 67.4 cm³/mol. The lowest BCUT2D eigenvalue weighted by atomic mass is 9.73. The average molecular weight is 251 g/mol. The third-order valence-electron chi connectivity index (χ3n) is 3.10. The van der Waals surface area contributed by atoms with Gasteiger partial charge in [0.25, 0.3) is 0 Å². The third kappa shape index (κ3) is 1.59. The van der Waals surface area contributed by atoms with Crippen molar-refractivity contribution in [3.8, 4) is 6.07 Å². The Hall–Kier alpha value is -0.790. The monoisotopic (exact) mass is 251 g/mol. The van der Waals surface area contributed by atoms with Gasteiger partial charge in [-0.1, -0.05) is 13.8 Å². The molecule has 1 aliphatic carbocycles. The van der Waals surface area contributed by atoms with Gasteiger partial charge in [-0.3, -0.25) is 4.79 Å². The summed E-state index contributed by atoms with van der Waals surface area (Å²) in [6.07, 6.45) is 3.41. The largest absolute Gasteiger partial charge is 0.294 e. The average Bonchev–Trinajstić information content (AvgIpc) is 2.64. The van der Waals surface area contributed by atoms with Crippen LogP contribution in [0.5, 0.6) is 0 Å². The predicted octanol–water partition coefficient (Wildman–Crippen LogP) is 3.60. The summed E-state index contributed by atoms with van der Waals surface area (Å²) in [5.41, 5.74) is 1.77. The smallest absolute Gasteiger partial charge is 0.165 e. The van der Waals surface area contributed by atoms with E-state index >= 15 is 0 Å². The van der Waals surface area contributed by atoms with E-state index in [-0.39, 0.29) is 11.2 Å². The number of nitrogens with zero attached hydrogens (tertiary/aromatic N) is 1. The van der Waals surface area contributed by atoms with Gasteiger partial charge in [0.2, 0.25) is 0 Å². The number of hydrogen-bond donors (Lipinski definition) is 0. The molecule has 0 amide bonds. The van der Waals surface area contributed by atoms with E-state index in [1.54, 1.807) is 11.8 Å². The zero-order valence-corrected chi connectivity index (χ0v) is 11.2. The molecule has 0 bridgehead atoms. The summed E-state index contributed by atoms with van der Waals surface area (Å²) >= 11 is 3.03. The van der Waals surface area contributed by atoms with Crippen LogP contribution in [0.25, 0.3) is 0 Å². The number of thioether (sulfide) groups is 1. The number of hydrogen-bond acceptors (Lipinski definition) is 4. The van der Waals surface area contributed by atoms with Crippen LogP contribution in [0.1, 0.15) is 47.5 Å². The second-order valence-electron chi connectivity index (χ2n) is 4.59. The summed E-state index contributed by atoms with van der Waals surface area (Å²) in [6.45, 7) is 4.24. The molecule has 0 N–H and O–H groups in total. The van der Waals surface area contributed by atoms with Crippen LogP contribution in [0.2, 0.25) is 0 Å². The minimum Gasteiger partial charge on any atom is -0.294 e. The topological polar surface area (TPSA) is 40.9 Å². The molecule has 1 heterocycles. The minimum atomic E-state index is -0.0429. The number of carbonyl (C=O) groups is 1. The molecule has 16 heavy (non-hydrogen) atoms. The maximum Gasteiger partial charge on any atom is 0.165 e. The Bertz CT molecular complexity index is 494. The highest BCUT2D eigenvalue weighted by Crippen LogP contribution is 2.46. The Morgan fingerprint density at radius 1 is 1.50 bits per heavy atom. The van der Waals surface area contributed by atoms with Crippen LogP contribution in [-0.4, -0.2) is 12.0 Å². The summed E-state index contributed by atoms with van der Waals surface area (Å²) < 4.78 is 1.00. The summed E-state index contributed by atoms with van der Waals surface area (Å²) in [4.78, 5) is 12.7. The fourth-order valence-electron chi connectivity index (χ4n) is 2.21. The van der Waals surface area contributed by atoms with E-state index in [0.29, 0.717) is 6.42 Å². The number of fused-ring (bicyclic) bond motifs is 1. The van der Waals surface area contributed by atoms with Gasteiger partial charge in [-0.15, -0.1) is 23.1 Å². The van der Waals surface area contributed by atoms with Crippen molar-refractivity contribution in [1.82, 2.24) is 0 Å². The zero-order valence-electron chi connectivity index (χ0n) is 9.59. The molecule has 1 aromatic heterocycles. The fourth-order valence-corrected chi connectivity index (χ4v) is 4.24. The Morgan fingerprint density at radius 3 is 2.75 bits per heavy atom. The summed E-state index contributed by atoms with van der Waals surface area (Å²) in [6, 6.07) is 2.24. The molecule has 0 aromatic carbocycles. The summed E-state index contributed by atoms with van der Waals surface area (Å²) in [5, 5.41) is 9.16. The Morgan fingerprint density at radius 2 is 2.19 bits per heavy atom. The van der Waals surface area contributed by atoms with Gasteiger partial charge in [-0.05, 0) is 23.7 Å². The van der Waals surface area contributed by atoms with Gasteiger partial charge in [0.05, 0.1) is 4.21 Å². The number of rotatable bonds is 1. The van der Waals surface area contributed by atoms with Crippen LogP contribution in [0.4, 0.5) is 0 Å². The van der Waals surface area contributed by atoms with Crippen molar-refractivity contribution in [1.29, 1.82) is 5.26 Å².